The zero-order valence-corrected chi connectivity index (χ0v) is 9.86. The van der Waals surface area contributed by atoms with Crippen LogP contribution in [0.25, 0.3) is 0 Å². The summed E-state index contributed by atoms with van der Waals surface area (Å²) < 4.78 is 5.11. The highest BCUT2D eigenvalue weighted by Gasteiger charge is 2.05. The van der Waals surface area contributed by atoms with Gasteiger partial charge < -0.3 is 15.2 Å². The van der Waals surface area contributed by atoms with Crippen molar-refractivity contribution in [3.05, 3.63) is 36.4 Å². The van der Waals surface area contributed by atoms with Crippen molar-refractivity contribution in [1.82, 2.24) is 5.32 Å². The number of phenolic OH excluding ortho intramolecular Hbond substituents is 1. The van der Waals surface area contributed by atoms with Crippen LogP contribution in [0, 0.1) is 0 Å². The van der Waals surface area contributed by atoms with Crippen molar-refractivity contribution in [3.63, 3.8) is 0 Å². The Morgan fingerprint density at radius 3 is 2.94 bits per heavy atom. The average molecular weight is 221 g/mol. The van der Waals surface area contributed by atoms with Crippen molar-refractivity contribution >= 4 is 0 Å². The molecule has 88 valence electrons. The summed E-state index contributed by atoms with van der Waals surface area (Å²) in [5, 5.41) is 13.0. The molecule has 0 spiro atoms. The molecule has 0 aliphatic heterocycles. The molecule has 1 unspecified atom stereocenters. The van der Waals surface area contributed by atoms with Gasteiger partial charge in [-0.25, -0.2) is 0 Å². The molecule has 1 aromatic carbocycles. The third-order valence-corrected chi connectivity index (χ3v) is 2.45. The second kappa shape index (κ2) is 6.18. The smallest absolute Gasteiger partial charge is 0.120 e. The molecule has 2 N–H and O–H groups in total. The minimum Gasteiger partial charge on any atom is -0.508 e. The van der Waals surface area contributed by atoms with Crippen molar-refractivity contribution in [2.24, 2.45) is 0 Å². The Hall–Kier alpha value is -1.48. The molecular weight excluding hydrogens is 202 g/mol. The summed E-state index contributed by atoms with van der Waals surface area (Å²) in [6, 6.07) is 5.58. The van der Waals surface area contributed by atoms with Crippen molar-refractivity contribution in [2.75, 3.05) is 7.11 Å². The summed E-state index contributed by atoms with van der Waals surface area (Å²) in [6.07, 6.45) is 2.79. The van der Waals surface area contributed by atoms with Crippen LogP contribution in [0.1, 0.15) is 18.9 Å². The number of ether oxygens (including phenoxy) is 1. The van der Waals surface area contributed by atoms with E-state index in [9.17, 15) is 5.11 Å². The van der Waals surface area contributed by atoms with Gasteiger partial charge in [0.2, 0.25) is 0 Å². The summed E-state index contributed by atoms with van der Waals surface area (Å²) in [7, 11) is 1.62. The minimum absolute atomic E-state index is 0.291. The molecule has 0 aliphatic rings. The third-order valence-electron chi connectivity index (χ3n) is 2.45. The van der Waals surface area contributed by atoms with Gasteiger partial charge in [-0.1, -0.05) is 6.08 Å². The minimum atomic E-state index is 0.291. The van der Waals surface area contributed by atoms with E-state index in [1.165, 1.54) is 0 Å². The Morgan fingerprint density at radius 2 is 2.31 bits per heavy atom. The lowest BCUT2D eigenvalue weighted by Crippen LogP contribution is -2.24. The molecule has 1 atom stereocenters. The normalized spacial score (nSPS) is 12.1. The highest BCUT2D eigenvalue weighted by molar-refractivity contribution is 5.39. The molecule has 3 heteroatoms. The largest absolute Gasteiger partial charge is 0.508 e. The number of hydrogen-bond acceptors (Lipinski definition) is 3. The molecule has 0 fully saturated rings. The van der Waals surface area contributed by atoms with E-state index in [1.807, 2.05) is 12.1 Å². The maximum atomic E-state index is 9.66. The van der Waals surface area contributed by atoms with Crippen LogP contribution in [0.3, 0.4) is 0 Å². The van der Waals surface area contributed by atoms with Gasteiger partial charge in [0.1, 0.15) is 11.5 Å². The molecule has 0 saturated heterocycles. The predicted octanol–water partition coefficient (Wildman–Crippen LogP) is 2.46. The van der Waals surface area contributed by atoms with E-state index < -0.39 is 0 Å². The standard InChI is InChI=1S/C13H19NO2/c1-4-5-10(2)14-9-11-8-12(16-3)6-7-13(11)15/h4,6-8,10,14-15H,1,5,9H2,2-3H3. The number of methoxy groups -OCH3 is 1. The summed E-state index contributed by atoms with van der Waals surface area (Å²) in [5.74, 6) is 1.05. The number of phenols is 1. The lowest BCUT2D eigenvalue weighted by molar-refractivity contribution is 0.409. The van der Waals surface area contributed by atoms with Crippen molar-refractivity contribution in [3.8, 4) is 11.5 Å². The number of hydrogen-bond donors (Lipinski definition) is 2. The van der Waals surface area contributed by atoms with Gasteiger partial charge in [0, 0.05) is 18.2 Å². The van der Waals surface area contributed by atoms with E-state index >= 15 is 0 Å². The SMILES string of the molecule is C=CCC(C)NCc1cc(OC)ccc1O. The molecule has 1 rings (SSSR count). The maximum absolute atomic E-state index is 9.66. The van der Waals surface area contributed by atoms with Crippen molar-refractivity contribution < 1.29 is 9.84 Å². The van der Waals surface area contributed by atoms with Gasteiger partial charge in [-0.3, -0.25) is 0 Å². The molecule has 0 aromatic heterocycles. The lowest BCUT2D eigenvalue weighted by atomic mass is 10.1. The molecule has 16 heavy (non-hydrogen) atoms. The van der Waals surface area contributed by atoms with Crippen LogP contribution in [-0.4, -0.2) is 18.3 Å². The molecule has 0 bridgehead atoms. The fourth-order valence-electron chi connectivity index (χ4n) is 1.45. The highest BCUT2D eigenvalue weighted by atomic mass is 16.5. The first kappa shape index (κ1) is 12.6. The quantitative estimate of drug-likeness (QED) is 0.725. The van der Waals surface area contributed by atoms with Gasteiger partial charge in [0.05, 0.1) is 7.11 Å². The van der Waals surface area contributed by atoms with Crippen LogP contribution in [0.2, 0.25) is 0 Å². The summed E-state index contributed by atoms with van der Waals surface area (Å²) in [5.41, 5.74) is 0.843. The second-order valence-electron chi connectivity index (χ2n) is 3.80. The maximum Gasteiger partial charge on any atom is 0.120 e. The summed E-state index contributed by atoms with van der Waals surface area (Å²) >= 11 is 0. The Labute approximate surface area is 96.8 Å². The number of rotatable bonds is 6. The number of benzene rings is 1. The Balaban J connectivity index is 2.61. The van der Waals surface area contributed by atoms with E-state index in [2.05, 4.69) is 18.8 Å². The molecule has 3 nitrogen and oxygen atoms in total. The third kappa shape index (κ3) is 3.59. The average Bonchev–Trinajstić information content (AvgIpc) is 2.28. The molecule has 0 heterocycles. The van der Waals surface area contributed by atoms with Crippen molar-refractivity contribution in [2.45, 2.75) is 25.9 Å². The fraction of sp³-hybridized carbons (Fsp3) is 0.385. The van der Waals surface area contributed by atoms with E-state index in [0.29, 0.717) is 18.3 Å². The topological polar surface area (TPSA) is 41.5 Å². The van der Waals surface area contributed by atoms with Crippen LogP contribution in [0.5, 0.6) is 11.5 Å². The zero-order valence-electron chi connectivity index (χ0n) is 9.86. The zero-order chi connectivity index (χ0) is 12.0. The van der Waals surface area contributed by atoms with E-state index in [1.54, 1.807) is 19.2 Å². The van der Waals surface area contributed by atoms with Crippen LogP contribution < -0.4 is 10.1 Å². The van der Waals surface area contributed by atoms with E-state index in [4.69, 9.17) is 4.74 Å². The Morgan fingerprint density at radius 1 is 1.56 bits per heavy atom. The molecule has 0 saturated carbocycles. The van der Waals surface area contributed by atoms with Gasteiger partial charge in [-0.05, 0) is 31.5 Å². The summed E-state index contributed by atoms with van der Waals surface area (Å²) in [4.78, 5) is 0. The van der Waals surface area contributed by atoms with Gasteiger partial charge in [0.15, 0.2) is 0 Å². The van der Waals surface area contributed by atoms with Gasteiger partial charge in [0.25, 0.3) is 0 Å². The fourth-order valence-corrected chi connectivity index (χ4v) is 1.45. The molecule has 0 aliphatic carbocycles. The second-order valence-corrected chi connectivity index (χ2v) is 3.80. The van der Waals surface area contributed by atoms with E-state index in [0.717, 1.165) is 17.7 Å². The van der Waals surface area contributed by atoms with Gasteiger partial charge in [-0.2, -0.15) is 0 Å². The van der Waals surface area contributed by atoms with Crippen LogP contribution in [0.4, 0.5) is 0 Å². The Kier molecular flexibility index (Phi) is 4.86. The lowest BCUT2D eigenvalue weighted by Gasteiger charge is -2.13. The first-order valence-electron chi connectivity index (χ1n) is 5.37. The predicted molar refractivity (Wildman–Crippen MR) is 65.8 cm³/mol. The molecule has 1 aromatic rings. The highest BCUT2D eigenvalue weighted by Crippen LogP contribution is 2.22. The van der Waals surface area contributed by atoms with Gasteiger partial charge in [-0.15, -0.1) is 6.58 Å². The van der Waals surface area contributed by atoms with Crippen molar-refractivity contribution in [1.29, 1.82) is 0 Å². The van der Waals surface area contributed by atoms with Crippen LogP contribution in [-0.2, 0) is 6.54 Å². The first-order valence-corrected chi connectivity index (χ1v) is 5.37. The number of aromatic hydroxyl groups is 1. The van der Waals surface area contributed by atoms with Crippen LogP contribution >= 0.6 is 0 Å². The monoisotopic (exact) mass is 221 g/mol. The summed E-state index contributed by atoms with van der Waals surface area (Å²) in [6.45, 7) is 6.40. The van der Waals surface area contributed by atoms with Gasteiger partial charge >= 0.3 is 0 Å². The number of nitrogens with one attached hydrogen (secondary N) is 1. The van der Waals surface area contributed by atoms with Crippen LogP contribution in [0.15, 0.2) is 30.9 Å². The molecule has 0 amide bonds. The first-order chi connectivity index (χ1) is 7.67. The Bertz CT molecular complexity index is 350. The van der Waals surface area contributed by atoms with E-state index in [-0.39, 0.29) is 0 Å². The molecule has 0 radical (unpaired) electrons. The molecular formula is C13H19NO2.